The molecule has 2 heterocycles. The number of hydrogen-bond donors (Lipinski definition) is 1. The molecule has 0 saturated heterocycles. The van der Waals surface area contributed by atoms with Gasteiger partial charge in [0, 0.05) is 11.3 Å². The highest BCUT2D eigenvalue weighted by Crippen LogP contribution is 2.35. The Balaban J connectivity index is 1.92. The number of nitrogens with two attached hydrogens (primary N) is 1. The number of aromatic nitrogens is 2. The minimum atomic E-state index is -0.322. The molecule has 0 fully saturated rings. The first-order chi connectivity index (χ1) is 9.69. The van der Waals surface area contributed by atoms with Crippen molar-refractivity contribution in [3.05, 3.63) is 41.3 Å². The number of nitrogen functional groups attached to an aromatic ring is 1. The number of nitrogens with zero attached hydrogens (tertiary/aromatic N) is 2. The summed E-state index contributed by atoms with van der Waals surface area (Å²) >= 11 is 0. The van der Waals surface area contributed by atoms with E-state index in [2.05, 4.69) is 9.97 Å². The molecule has 0 radical (unpaired) electrons. The molecule has 0 bridgehead atoms. The normalized spacial score (nSPS) is 17.0. The van der Waals surface area contributed by atoms with Crippen LogP contribution in [-0.4, -0.2) is 16.6 Å². The van der Waals surface area contributed by atoms with Crippen LogP contribution < -0.4 is 15.2 Å². The standard InChI is InChI=1S/C15H17N3O2/c1-3-10-9(2)17-15(18-14(10)16)13-8-19-11-6-4-5-7-12(11)20-13/h4-7,13H,3,8H2,1-2H3,(H2,16,17,18). The summed E-state index contributed by atoms with van der Waals surface area (Å²) < 4.78 is 11.6. The summed E-state index contributed by atoms with van der Waals surface area (Å²) in [4.78, 5) is 8.87. The van der Waals surface area contributed by atoms with Gasteiger partial charge in [-0.2, -0.15) is 0 Å². The fraction of sp³-hybridized carbons (Fsp3) is 0.333. The molecule has 1 aliphatic heterocycles. The van der Waals surface area contributed by atoms with Crippen LogP contribution in [0.5, 0.6) is 11.5 Å². The fourth-order valence-corrected chi connectivity index (χ4v) is 2.37. The molecule has 0 saturated carbocycles. The van der Waals surface area contributed by atoms with E-state index in [-0.39, 0.29) is 6.10 Å². The molecule has 3 rings (SSSR count). The predicted molar refractivity (Wildman–Crippen MR) is 75.9 cm³/mol. The minimum Gasteiger partial charge on any atom is -0.485 e. The molecule has 104 valence electrons. The van der Waals surface area contributed by atoms with Crippen molar-refractivity contribution in [2.45, 2.75) is 26.4 Å². The predicted octanol–water partition coefficient (Wildman–Crippen LogP) is 2.44. The number of ether oxygens (including phenoxy) is 2. The van der Waals surface area contributed by atoms with Crippen molar-refractivity contribution in [2.24, 2.45) is 0 Å². The average molecular weight is 271 g/mol. The van der Waals surface area contributed by atoms with Crippen LogP contribution in [0.1, 0.15) is 30.1 Å². The zero-order valence-corrected chi connectivity index (χ0v) is 11.6. The van der Waals surface area contributed by atoms with Crippen LogP contribution >= 0.6 is 0 Å². The van der Waals surface area contributed by atoms with Gasteiger partial charge in [0.1, 0.15) is 12.4 Å². The lowest BCUT2D eigenvalue weighted by atomic mass is 10.1. The third-order valence-corrected chi connectivity index (χ3v) is 3.41. The second-order valence-corrected chi connectivity index (χ2v) is 4.75. The van der Waals surface area contributed by atoms with Crippen LogP contribution in [0.25, 0.3) is 0 Å². The van der Waals surface area contributed by atoms with Crippen molar-refractivity contribution in [1.82, 2.24) is 9.97 Å². The van der Waals surface area contributed by atoms with E-state index in [4.69, 9.17) is 15.2 Å². The van der Waals surface area contributed by atoms with Gasteiger partial charge in [-0.15, -0.1) is 0 Å². The summed E-state index contributed by atoms with van der Waals surface area (Å²) in [5.41, 5.74) is 7.88. The molecule has 1 aromatic carbocycles. The quantitative estimate of drug-likeness (QED) is 0.908. The number of anilines is 1. The van der Waals surface area contributed by atoms with Gasteiger partial charge >= 0.3 is 0 Å². The smallest absolute Gasteiger partial charge is 0.192 e. The third kappa shape index (κ3) is 2.15. The van der Waals surface area contributed by atoms with Crippen molar-refractivity contribution in [3.8, 4) is 11.5 Å². The van der Waals surface area contributed by atoms with Crippen molar-refractivity contribution >= 4 is 5.82 Å². The molecule has 1 atom stereocenters. The van der Waals surface area contributed by atoms with Gasteiger partial charge in [-0.3, -0.25) is 0 Å². The van der Waals surface area contributed by atoms with Gasteiger partial charge in [0.2, 0.25) is 0 Å². The Hall–Kier alpha value is -2.30. The highest BCUT2D eigenvalue weighted by Gasteiger charge is 2.25. The fourth-order valence-electron chi connectivity index (χ4n) is 2.37. The Morgan fingerprint density at radius 2 is 2.00 bits per heavy atom. The van der Waals surface area contributed by atoms with Crippen molar-refractivity contribution < 1.29 is 9.47 Å². The van der Waals surface area contributed by atoms with Crippen LogP contribution in [0.2, 0.25) is 0 Å². The molecule has 1 unspecified atom stereocenters. The molecule has 5 nitrogen and oxygen atoms in total. The van der Waals surface area contributed by atoms with Gasteiger partial charge in [0.05, 0.1) is 0 Å². The molecule has 2 N–H and O–H groups in total. The number of fused-ring (bicyclic) bond motifs is 1. The van der Waals surface area contributed by atoms with E-state index in [1.54, 1.807) is 0 Å². The average Bonchev–Trinajstić information content (AvgIpc) is 2.46. The van der Waals surface area contributed by atoms with Crippen LogP contribution in [0.15, 0.2) is 24.3 Å². The van der Waals surface area contributed by atoms with E-state index in [1.165, 1.54) is 0 Å². The molecule has 5 heteroatoms. The number of rotatable bonds is 2. The maximum atomic E-state index is 5.99. The molecule has 20 heavy (non-hydrogen) atoms. The van der Waals surface area contributed by atoms with Crippen LogP contribution in [0, 0.1) is 6.92 Å². The number of aryl methyl sites for hydroxylation is 1. The first-order valence-corrected chi connectivity index (χ1v) is 6.70. The molecule has 0 aliphatic carbocycles. The number of hydrogen-bond acceptors (Lipinski definition) is 5. The first-order valence-electron chi connectivity index (χ1n) is 6.70. The molecule has 0 amide bonds. The van der Waals surface area contributed by atoms with Crippen LogP contribution in [-0.2, 0) is 6.42 Å². The summed E-state index contributed by atoms with van der Waals surface area (Å²) in [6, 6.07) is 7.58. The van der Waals surface area contributed by atoms with E-state index in [1.807, 2.05) is 38.1 Å². The lowest BCUT2D eigenvalue weighted by Gasteiger charge is -2.26. The van der Waals surface area contributed by atoms with Gasteiger partial charge in [-0.05, 0) is 25.5 Å². The molecular weight excluding hydrogens is 254 g/mol. The van der Waals surface area contributed by atoms with E-state index >= 15 is 0 Å². The van der Waals surface area contributed by atoms with Gasteiger partial charge < -0.3 is 15.2 Å². The van der Waals surface area contributed by atoms with Gasteiger partial charge in [-0.25, -0.2) is 9.97 Å². The Morgan fingerprint density at radius 3 is 2.70 bits per heavy atom. The summed E-state index contributed by atoms with van der Waals surface area (Å²) in [5, 5.41) is 0. The second-order valence-electron chi connectivity index (χ2n) is 4.75. The lowest BCUT2D eigenvalue weighted by molar-refractivity contribution is 0.0850. The second kappa shape index (κ2) is 5.00. The summed E-state index contributed by atoms with van der Waals surface area (Å²) in [5.74, 6) is 2.56. The van der Waals surface area contributed by atoms with Gasteiger partial charge in [-0.1, -0.05) is 19.1 Å². The molecule has 1 aliphatic rings. The summed E-state index contributed by atoms with van der Waals surface area (Å²) in [6.45, 7) is 4.37. The monoisotopic (exact) mass is 271 g/mol. The largest absolute Gasteiger partial charge is 0.485 e. The zero-order valence-electron chi connectivity index (χ0n) is 11.6. The van der Waals surface area contributed by atoms with E-state index in [0.29, 0.717) is 24.0 Å². The maximum Gasteiger partial charge on any atom is 0.192 e. The number of benzene rings is 1. The SMILES string of the molecule is CCc1c(C)nc(C2COc3ccccc3O2)nc1N. The van der Waals surface area contributed by atoms with Crippen LogP contribution in [0.3, 0.4) is 0 Å². The van der Waals surface area contributed by atoms with Crippen molar-refractivity contribution in [2.75, 3.05) is 12.3 Å². The minimum absolute atomic E-state index is 0.322. The Bertz CT molecular complexity index is 620. The van der Waals surface area contributed by atoms with E-state index in [0.717, 1.165) is 23.4 Å². The van der Waals surface area contributed by atoms with E-state index < -0.39 is 0 Å². The summed E-state index contributed by atoms with van der Waals surface area (Å²) in [6.07, 6.45) is 0.500. The molecule has 2 aromatic rings. The lowest BCUT2D eigenvalue weighted by Crippen LogP contribution is -2.24. The van der Waals surface area contributed by atoms with Crippen molar-refractivity contribution in [3.63, 3.8) is 0 Å². The topological polar surface area (TPSA) is 70.3 Å². The molecule has 1 aromatic heterocycles. The third-order valence-electron chi connectivity index (χ3n) is 3.41. The Labute approximate surface area is 117 Å². The maximum absolute atomic E-state index is 5.99. The summed E-state index contributed by atoms with van der Waals surface area (Å²) in [7, 11) is 0. The number of para-hydroxylation sites is 2. The Morgan fingerprint density at radius 1 is 1.25 bits per heavy atom. The highest BCUT2D eigenvalue weighted by atomic mass is 16.6. The molecule has 0 spiro atoms. The van der Waals surface area contributed by atoms with E-state index in [9.17, 15) is 0 Å². The Kier molecular flexibility index (Phi) is 3.18. The zero-order chi connectivity index (χ0) is 14.1. The van der Waals surface area contributed by atoms with Crippen molar-refractivity contribution in [1.29, 1.82) is 0 Å². The van der Waals surface area contributed by atoms with Gasteiger partial charge in [0.15, 0.2) is 23.4 Å². The van der Waals surface area contributed by atoms with Crippen LogP contribution in [0.4, 0.5) is 5.82 Å². The van der Waals surface area contributed by atoms with Gasteiger partial charge in [0.25, 0.3) is 0 Å². The molecular formula is C15H17N3O2. The first kappa shape index (κ1) is 12.7. The highest BCUT2D eigenvalue weighted by molar-refractivity contribution is 5.43.